The first-order chi connectivity index (χ1) is 11.5. The zero-order valence-electron chi connectivity index (χ0n) is 17.8. The summed E-state index contributed by atoms with van der Waals surface area (Å²) >= 11 is 2.15. The van der Waals surface area contributed by atoms with Crippen molar-refractivity contribution in [2.75, 3.05) is 0 Å². The van der Waals surface area contributed by atoms with E-state index in [4.69, 9.17) is 4.43 Å². The van der Waals surface area contributed by atoms with E-state index in [0.717, 1.165) is 16.0 Å². The third-order valence-corrected chi connectivity index (χ3v) is 11.1. The molecule has 1 aromatic heterocycles. The summed E-state index contributed by atoms with van der Waals surface area (Å²) in [5.41, 5.74) is 1.58. The molecule has 0 aliphatic carbocycles. The molecule has 0 bridgehead atoms. The molecule has 0 amide bonds. The molecule has 1 rings (SSSR count). The third kappa shape index (κ3) is 6.47. The van der Waals surface area contributed by atoms with Crippen LogP contribution in [0.1, 0.15) is 61.1 Å². The fourth-order valence-corrected chi connectivity index (χ4v) is 4.54. The molecule has 0 N–H and O–H groups in total. The van der Waals surface area contributed by atoms with Crippen molar-refractivity contribution in [1.82, 2.24) is 9.78 Å². The molecule has 1 aromatic rings. The van der Waals surface area contributed by atoms with Gasteiger partial charge in [0.2, 0.25) is 0 Å². The molecule has 0 aromatic carbocycles. The summed E-state index contributed by atoms with van der Waals surface area (Å²) in [5, 5.41) is 4.68. The molecule has 0 fully saturated rings. The van der Waals surface area contributed by atoms with E-state index in [1.807, 2.05) is 38.4 Å². The lowest BCUT2D eigenvalue weighted by Crippen LogP contribution is -2.44. The van der Waals surface area contributed by atoms with Gasteiger partial charge in [-0.2, -0.15) is 5.10 Å². The van der Waals surface area contributed by atoms with E-state index in [-0.39, 0.29) is 15.9 Å². The first kappa shape index (κ1) is 23.9. The van der Waals surface area contributed by atoms with Crippen LogP contribution in [0, 0.1) is 0 Å². The Morgan fingerprint density at radius 3 is 2.35 bits per heavy atom. The summed E-state index contributed by atoms with van der Waals surface area (Å²) in [7, 11) is -1.84. The zero-order valence-corrected chi connectivity index (χ0v) is 21.2. The van der Waals surface area contributed by atoms with Crippen LogP contribution in [0.3, 0.4) is 0 Å². The third-order valence-electron chi connectivity index (χ3n) is 4.60. The van der Waals surface area contributed by atoms with Crippen LogP contribution in [0.4, 0.5) is 0 Å². The molecule has 0 unspecified atom stereocenters. The fourth-order valence-electron chi connectivity index (χ4n) is 2.08. The second kappa shape index (κ2) is 8.47. The molecular formula is C18H34BrN3O2SSi. The molecule has 26 heavy (non-hydrogen) atoms. The Hall–Kier alpha value is -0.153. The molecule has 0 saturated heterocycles. The van der Waals surface area contributed by atoms with Gasteiger partial charge in [0.05, 0.1) is 18.3 Å². The maximum atomic E-state index is 12.3. The monoisotopic (exact) mass is 463 g/mol. The average Bonchev–Trinajstić information content (AvgIpc) is 2.76. The second-order valence-corrected chi connectivity index (χ2v) is 16.7. The predicted octanol–water partition coefficient (Wildman–Crippen LogP) is 5.33. The van der Waals surface area contributed by atoms with Crippen LogP contribution < -0.4 is 0 Å². The van der Waals surface area contributed by atoms with Crippen LogP contribution in [0.15, 0.2) is 15.1 Å². The molecule has 0 radical (unpaired) electrons. The highest BCUT2D eigenvalue weighted by Gasteiger charge is 2.38. The molecule has 0 spiro atoms. The number of nitrogens with zero attached hydrogens (tertiary/aromatic N) is 3. The highest BCUT2D eigenvalue weighted by molar-refractivity contribution is 9.10. The molecule has 1 heterocycles. The van der Waals surface area contributed by atoms with E-state index in [2.05, 4.69) is 66.2 Å². The van der Waals surface area contributed by atoms with Crippen LogP contribution in [0.25, 0.3) is 0 Å². The summed E-state index contributed by atoms with van der Waals surface area (Å²) in [5.74, 6) is 0. The Bertz CT molecular complexity index is 648. The Morgan fingerprint density at radius 2 is 1.88 bits per heavy atom. The minimum absolute atomic E-state index is 0.0300. The topological polar surface area (TPSA) is 62.5 Å². The average molecular weight is 465 g/mol. The van der Waals surface area contributed by atoms with Crippen molar-refractivity contribution in [3.8, 4) is 0 Å². The largest absolute Gasteiger partial charge is 0.591 e. The van der Waals surface area contributed by atoms with Gasteiger partial charge >= 0.3 is 0 Å². The molecular weight excluding hydrogens is 430 g/mol. The molecule has 0 saturated carbocycles. The van der Waals surface area contributed by atoms with Gasteiger partial charge in [-0.25, -0.2) is 0 Å². The summed E-state index contributed by atoms with van der Waals surface area (Å²) in [6.07, 6.45) is 0.0300. The lowest BCUT2D eigenvalue weighted by molar-refractivity contribution is 0.174. The van der Waals surface area contributed by atoms with Gasteiger partial charge in [-0.05, 0) is 68.7 Å². The number of rotatable bonds is 6. The molecule has 0 aliphatic rings. The van der Waals surface area contributed by atoms with Crippen molar-refractivity contribution >= 4 is 41.3 Å². The van der Waals surface area contributed by atoms with Crippen molar-refractivity contribution < 1.29 is 8.98 Å². The van der Waals surface area contributed by atoms with Gasteiger partial charge in [-0.3, -0.25) is 4.68 Å². The number of hydrogen-bond acceptors (Lipinski definition) is 4. The second-order valence-electron chi connectivity index (χ2n) is 9.26. The molecule has 0 aliphatic heterocycles. The Morgan fingerprint density at radius 1 is 1.35 bits per heavy atom. The van der Waals surface area contributed by atoms with Crippen LogP contribution in [0.5, 0.6) is 0 Å². The molecule has 2 atom stereocenters. The normalized spacial score (nSPS) is 16.7. The molecule has 5 nitrogen and oxygen atoms in total. The number of halogens is 1. The van der Waals surface area contributed by atoms with Gasteiger partial charge < -0.3 is 8.98 Å². The quantitative estimate of drug-likeness (QED) is 0.325. The summed E-state index contributed by atoms with van der Waals surface area (Å²) in [4.78, 5) is 0. The van der Waals surface area contributed by atoms with Gasteiger partial charge in [0.1, 0.15) is 26.4 Å². The lowest BCUT2D eigenvalue weighted by Gasteiger charge is -2.38. The highest BCUT2D eigenvalue weighted by atomic mass is 79.9. The fraction of sp³-hybridized carbons (Fsp3) is 0.778. The first-order valence-corrected chi connectivity index (χ1v) is 13.7. The van der Waals surface area contributed by atoms with Gasteiger partial charge in [0.15, 0.2) is 8.32 Å². The van der Waals surface area contributed by atoms with E-state index in [1.54, 1.807) is 0 Å². The van der Waals surface area contributed by atoms with Crippen LogP contribution in [-0.2, 0) is 22.3 Å². The molecule has 8 heteroatoms. The van der Waals surface area contributed by atoms with Crippen molar-refractivity contribution in [3.05, 3.63) is 16.4 Å². The van der Waals surface area contributed by atoms with Crippen molar-refractivity contribution in [2.45, 2.75) is 90.9 Å². The van der Waals surface area contributed by atoms with E-state index in [1.165, 1.54) is 0 Å². The SMILES string of the molecule is C/C(=N\[S@+]([O-])C(C)(C)C)c1cc(Br)nn1C[C@H](C)O[Si](C)(C)C(C)(C)C. The van der Waals surface area contributed by atoms with Gasteiger partial charge in [0.25, 0.3) is 0 Å². The van der Waals surface area contributed by atoms with Gasteiger partial charge in [-0.1, -0.05) is 25.2 Å². The van der Waals surface area contributed by atoms with E-state index in [0.29, 0.717) is 6.54 Å². The van der Waals surface area contributed by atoms with E-state index >= 15 is 0 Å². The smallest absolute Gasteiger partial charge is 0.192 e. The highest BCUT2D eigenvalue weighted by Crippen LogP contribution is 2.37. The number of hydrogen-bond donors (Lipinski definition) is 0. The Kier molecular flexibility index (Phi) is 7.78. The maximum Gasteiger partial charge on any atom is 0.192 e. The molecule has 150 valence electrons. The van der Waals surface area contributed by atoms with Gasteiger partial charge in [-0.15, -0.1) is 0 Å². The van der Waals surface area contributed by atoms with Crippen LogP contribution in [-0.4, -0.2) is 39.2 Å². The van der Waals surface area contributed by atoms with Crippen LogP contribution in [0.2, 0.25) is 18.1 Å². The summed E-state index contributed by atoms with van der Waals surface area (Å²) in [6.45, 7) is 21.6. The maximum absolute atomic E-state index is 12.3. The lowest BCUT2D eigenvalue weighted by atomic mass is 10.2. The van der Waals surface area contributed by atoms with E-state index in [9.17, 15) is 4.55 Å². The van der Waals surface area contributed by atoms with Crippen molar-refractivity contribution in [1.29, 1.82) is 0 Å². The van der Waals surface area contributed by atoms with Crippen molar-refractivity contribution in [3.63, 3.8) is 0 Å². The van der Waals surface area contributed by atoms with Crippen LogP contribution >= 0.6 is 15.9 Å². The minimum atomic E-state index is -1.84. The predicted molar refractivity (Wildman–Crippen MR) is 118 cm³/mol. The minimum Gasteiger partial charge on any atom is -0.591 e. The van der Waals surface area contributed by atoms with Crippen molar-refractivity contribution in [2.24, 2.45) is 4.40 Å². The zero-order chi connectivity index (χ0) is 20.5. The Labute approximate surface area is 171 Å². The summed E-state index contributed by atoms with van der Waals surface area (Å²) < 4.78 is 25.4. The van der Waals surface area contributed by atoms with E-state index < -0.39 is 19.7 Å². The Balaban J connectivity index is 3.02. The van der Waals surface area contributed by atoms with Gasteiger partial charge in [0, 0.05) is 6.07 Å². The first-order valence-electron chi connectivity index (χ1n) is 8.93. The summed E-state index contributed by atoms with van der Waals surface area (Å²) in [6, 6.07) is 1.91. The number of aromatic nitrogens is 2. The standard InChI is InChI=1S/C18H34BrN3O2SSi/c1-13(24-26(9,10)18(6,7)8)12-22-15(11-16(19)20-22)14(2)21-25(23)17(3,4)5/h11,13H,12H2,1-10H3/b21-14+/t13-,25+/m0/s1.